The first-order valence-electron chi connectivity index (χ1n) is 8.67. The molecule has 0 bridgehead atoms. The third-order valence-electron chi connectivity index (χ3n) is 4.39. The first-order chi connectivity index (χ1) is 13.8. The Labute approximate surface area is 172 Å². The molecule has 0 fully saturated rings. The second-order valence-corrected chi connectivity index (χ2v) is 8.43. The average molecular weight is 427 g/mol. The molecule has 0 amide bonds. The van der Waals surface area contributed by atoms with Gasteiger partial charge in [-0.2, -0.15) is 8.42 Å². The van der Waals surface area contributed by atoms with E-state index in [9.17, 15) is 13.2 Å². The first-order valence-corrected chi connectivity index (χ1v) is 10.5. The second-order valence-electron chi connectivity index (χ2n) is 6.47. The van der Waals surface area contributed by atoms with E-state index >= 15 is 0 Å². The molecule has 0 N–H and O–H groups in total. The summed E-state index contributed by atoms with van der Waals surface area (Å²) in [5, 5.41) is 0.653. The number of rotatable bonds is 4. The van der Waals surface area contributed by atoms with Crippen molar-refractivity contribution in [2.75, 3.05) is 0 Å². The Balaban J connectivity index is 1.82. The quantitative estimate of drug-likeness (QED) is 0.331. The molecule has 0 aliphatic carbocycles. The molecule has 0 unspecified atom stereocenters. The minimum atomic E-state index is -4.10. The molecule has 1 aromatic heterocycles. The fourth-order valence-electron chi connectivity index (χ4n) is 2.95. The standard InChI is InChI=1S/C22H15ClO5S/c1-14-7-9-16(10-8-14)29(25,26)28-21-13-20-18(11-19(21)23)17(12-22(24)27-20)15-5-3-2-4-6-15/h2-13H,1H3. The predicted molar refractivity (Wildman–Crippen MR) is 112 cm³/mol. The minimum Gasteiger partial charge on any atom is -0.423 e. The van der Waals surface area contributed by atoms with Crippen LogP contribution in [0.25, 0.3) is 22.1 Å². The lowest BCUT2D eigenvalue weighted by atomic mass is 10.0. The Morgan fingerprint density at radius 2 is 1.62 bits per heavy atom. The Hall–Kier alpha value is -3.09. The smallest absolute Gasteiger partial charge is 0.339 e. The van der Waals surface area contributed by atoms with Crippen molar-refractivity contribution in [3.8, 4) is 16.9 Å². The van der Waals surface area contributed by atoms with Crippen LogP contribution in [0.3, 0.4) is 0 Å². The van der Waals surface area contributed by atoms with Gasteiger partial charge in [-0.1, -0.05) is 59.6 Å². The van der Waals surface area contributed by atoms with Crippen LogP contribution in [-0.2, 0) is 10.1 Å². The number of fused-ring (bicyclic) bond motifs is 1. The lowest BCUT2D eigenvalue weighted by Crippen LogP contribution is -2.10. The molecule has 146 valence electrons. The molecule has 0 spiro atoms. The van der Waals surface area contributed by atoms with Gasteiger partial charge in [0.1, 0.15) is 10.5 Å². The monoisotopic (exact) mass is 426 g/mol. The van der Waals surface area contributed by atoms with Crippen molar-refractivity contribution >= 4 is 32.7 Å². The van der Waals surface area contributed by atoms with E-state index in [-0.39, 0.29) is 21.3 Å². The average Bonchev–Trinajstić information content (AvgIpc) is 2.69. The van der Waals surface area contributed by atoms with Crippen LogP contribution in [0, 0.1) is 6.92 Å². The normalized spacial score (nSPS) is 11.5. The van der Waals surface area contributed by atoms with Crippen LogP contribution < -0.4 is 9.81 Å². The topological polar surface area (TPSA) is 73.6 Å². The van der Waals surface area contributed by atoms with Gasteiger partial charge >= 0.3 is 15.7 Å². The molecule has 29 heavy (non-hydrogen) atoms. The van der Waals surface area contributed by atoms with Crippen LogP contribution in [0.15, 0.2) is 86.9 Å². The van der Waals surface area contributed by atoms with Gasteiger partial charge in [0.05, 0.1) is 5.02 Å². The summed E-state index contributed by atoms with van der Waals surface area (Å²) in [6.45, 7) is 1.85. The highest BCUT2D eigenvalue weighted by Gasteiger charge is 2.20. The van der Waals surface area contributed by atoms with E-state index in [4.69, 9.17) is 20.2 Å². The van der Waals surface area contributed by atoms with Crippen molar-refractivity contribution in [1.82, 2.24) is 0 Å². The summed E-state index contributed by atoms with van der Waals surface area (Å²) in [5.74, 6) is -0.117. The van der Waals surface area contributed by atoms with E-state index < -0.39 is 15.7 Å². The van der Waals surface area contributed by atoms with Gasteiger partial charge in [0, 0.05) is 17.5 Å². The Morgan fingerprint density at radius 3 is 2.31 bits per heavy atom. The van der Waals surface area contributed by atoms with E-state index in [1.165, 1.54) is 30.3 Å². The molecule has 4 aromatic rings. The van der Waals surface area contributed by atoms with Gasteiger partial charge < -0.3 is 8.60 Å². The molecule has 0 saturated carbocycles. The molecule has 4 rings (SSSR count). The van der Waals surface area contributed by atoms with Crippen LogP contribution in [-0.4, -0.2) is 8.42 Å². The van der Waals surface area contributed by atoms with Crippen LogP contribution in [0.2, 0.25) is 5.02 Å². The maximum atomic E-state index is 12.6. The third kappa shape index (κ3) is 3.90. The fourth-order valence-corrected chi connectivity index (χ4v) is 4.14. The van der Waals surface area contributed by atoms with E-state index in [1.807, 2.05) is 37.3 Å². The fraction of sp³-hybridized carbons (Fsp3) is 0.0455. The highest BCUT2D eigenvalue weighted by Crippen LogP contribution is 2.36. The van der Waals surface area contributed by atoms with Crippen molar-refractivity contribution in [1.29, 1.82) is 0 Å². The summed E-state index contributed by atoms with van der Waals surface area (Å²) in [6, 6.07) is 19.7. The van der Waals surface area contributed by atoms with E-state index in [0.717, 1.165) is 11.1 Å². The Morgan fingerprint density at radius 1 is 0.931 bits per heavy atom. The number of aryl methyl sites for hydroxylation is 1. The van der Waals surface area contributed by atoms with Gasteiger partial charge in [0.2, 0.25) is 0 Å². The zero-order valence-electron chi connectivity index (χ0n) is 15.3. The molecule has 0 atom stereocenters. The van der Waals surface area contributed by atoms with Crippen LogP contribution in [0.5, 0.6) is 5.75 Å². The Bertz CT molecular complexity index is 1360. The molecule has 3 aromatic carbocycles. The third-order valence-corrected chi connectivity index (χ3v) is 5.93. The molecule has 0 saturated heterocycles. The largest absolute Gasteiger partial charge is 0.423 e. The number of hydrogen-bond donors (Lipinski definition) is 0. The van der Waals surface area contributed by atoms with Gasteiger partial charge in [0.15, 0.2) is 5.75 Å². The SMILES string of the molecule is Cc1ccc(S(=O)(=O)Oc2cc3oc(=O)cc(-c4ccccc4)c3cc2Cl)cc1. The van der Waals surface area contributed by atoms with Crippen molar-refractivity contribution in [2.24, 2.45) is 0 Å². The molecular weight excluding hydrogens is 412 g/mol. The Kier molecular flexibility index (Phi) is 4.90. The summed E-state index contributed by atoms with van der Waals surface area (Å²) in [4.78, 5) is 12.1. The molecule has 7 heteroatoms. The lowest BCUT2D eigenvalue weighted by molar-refractivity contribution is 0.485. The van der Waals surface area contributed by atoms with Crippen LogP contribution in [0.1, 0.15) is 5.56 Å². The first kappa shape index (κ1) is 19.2. The summed E-state index contributed by atoms with van der Waals surface area (Å²) in [6.07, 6.45) is 0. The van der Waals surface area contributed by atoms with Crippen molar-refractivity contribution in [2.45, 2.75) is 11.8 Å². The maximum absolute atomic E-state index is 12.6. The van der Waals surface area contributed by atoms with E-state index in [0.29, 0.717) is 10.9 Å². The highest BCUT2D eigenvalue weighted by atomic mass is 35.5. The van der Waals surface area contributed by atoms with Crippen molar-refractivity contribution < 1.29 is 17.0 Å². The zero-order chi connectivity index (χ0) is 20.6. The van der Waals surface area contributed by atoms with Gasteiger partial charge in [-0.15, -0.1) is 0 Å². The van der Waals surface area contributed by atoms with Crippen molar-refractivity contribution in [3.05, 3.63) is 93.8 Å². The number of halogens is 1. The second kappa shape index (κ2) is 7.39. The molecular formula is C22H15ClO5S. The van der Waals surface area contributed by atoms with Gasteiger partial charge in [-0.25, -0.2) is 4.79 Å². The summed E-state index contributed by atoms with van der Waals surface area (Å²) in [7, 11) is -4.10. The maximum Gasteiger partial charge on any atom is 0.339 e. The van der Waals surface area contributed by atoms with Crippen molar-refractivity contribution in [3.63, 3.8) is 0 Å². The van der Waals surface area contributed by atoms with E-state index in [2.05, 4.69) is 0 Å². The van der Waals surface area contributed by atoms with Gasteiger partial charge in [-0.3, -0.25) is 0 Å². The number of benzene rings is 3. The molecule has 0 aliphatic rings. The van der Waals surface area contributed by atoms with Gasteiger partial charge in [-0.05, 0) is 36.2 Å². The van der Waals surface area contributed by atoms with Crippen LogP contribution >= 0.6 is 11.6 Å². The number of hydrogen-bond acceptors (Lipinski definition) is 5. The predicted octanol–water partition coefficient (Wildman–Crippen LogP) is 5.19. The zero-order valence-corrected chi connectivity index (χ0v) is 16.8. The summed E-state index contributed by atoms with van der Waals surface area (Å²) < 4.78 is 35.7. The highest BCUT2D eigenvalue weighted by molar-refractivity contribution is 7.87. The molecule has 0 aliphatic heterocycles. The molecule has 5 nitrogen and oxygen atoms in total. The molecule has 1 heterocycles. The lowest BCUT2D eigenvalue weighted by Gasteiger charge is -2.11. The van der Waals surface area contributed by atoms with E-state index in [1.54, 1.807) is 12.1 Å². The van der Waals surface area contributed by atoms with Crippen LogP contribution in [0.4, 0.5) is 0 Å². The summed E-state index contributed by atoms with van der Waals surface area (Å²) >= 11 is 6.31. The summed E-state index contributed by atoms with van der Waals surface area (Å²) in [5.41, 5.74) is 1.97. The minimum absolute atomic E-state index is 0.00116. The molecule has 0 radical (unpaired) electrons. The van der Waals surface area contributed by atoms with Gasteiger partial charge in [0.25, 0.3) is 0 Å².